The van der Waals surface area contributed by atoms with Crippen LogP contribution >= 0.6 is 11.6 Å². The molecular formula is C11H15Cl. The van der Waals surface area contributed by atoms with Gasteiger partial charge in [0, 0.05) is 5.88 Å². The predicted octanol–water partition coefficient (Wildman–Crippen LogP) is 3.69. The number of hydrogen-bond acceptors (Lipinski definition) is 0. The van der Waals surface area contributed by atoms with Crippen molar-refractivity contribution < 1.29 is 0 Å². The van der Waals surface area contributed by atoms with Crippen molar-refractivity contribution in [3.05, 3.63) is 34.9 Å². The third-order valence-electron chi connectivity index (χ3n) is 2.03. The molecule has 0 aliphatic rings. The lowest BCUT2D eigenvalue weighted by Crippen LogP contribution is -1.91. The highest BCUT2D eigenvalue weighted by atomic mass is 35.5. The van der Waals surface area contributed by atoms with Gasteiger partial charge >= 0.3 is 0 Å². The molecule has 0 amide bonds. The fraction of sp³-hybridized carbons (Fsp3) is 0.455. The lowest BCUT2D eigenvalue weighted by atomic mass is 10.0. The molecule has 0 saturated carbocycles. The molecule has 0 radical (unpaired) electrons. The van der Waals surface area contributed by atoms with E-state index >= 15 is 0 Å². The Labute approximate surface area is 79.6 Å². The number of rotatable bonds is 3. The molecule has 1 rings (SSSR count). The normalized spacial score (nSPS) is 10.2. The standard InChI is InChI=1S/C11H15Cl/c1-3-4-10-6-5-9(2)7-11(10)8-12/h5-7H,3-4,8H2,1-2H3. The maximum absolute atomic E-state index is 5.84. The average molecular weight is 183 g/mol. The predicted molar refractivity (Wildman–Crippen MR) is 54.7 cm³/mol. The Hall–Kier alpha value is -0.490. The second kappa shape index (κ2) is 4.51. The molecule has 0 bridgehead atoms. The van der Waals surface area contributed by atoms with Gasteiger partial charge in [0.1, 0.15) is 0 Å². The van der Waals surface area contributed by atoms with Crippen LogP contribution in [0.1, 0.15) is 30.0 Å². The van der Waals surface area contributed by atoms with E-state index in [0.717, 1.165) is 6.42 Å². The Morgan fingerprint density at radius 2 is 2.00 bits per heavy atom. The molecular weight excluding hydrogens is 168 g/mol. The summed E-state index contributed by atoms with van der Waals surface area (Å²) in [5.41, 5.74) is 3.99. The molecule has 0 heterocycles. The number of hydrogen-bond donors (Lipinski definition) is 0. The molecule has 66 valence electrons. The zero-order valence-electron chi connectivity index (χ0n) is 7.73. The molecule has 0 saturated heterocycles. The summed E-state index contributed by atoms with van der Waals surface area (Å²) in [4.78, 5) is 0. The first-order chi connectivity index (χ1) is 5.77. The van der Waals surface area contributed by atoms with Crippen molar-refractivity contribution in [2.45, 2.75) is 32.6 Å². The van der Waals surface area contributed by atoms with Crippen LogP contribution in [0.2, 0.25) is 0 Å². The summed E-state index contributed by atoms with van der Waals surface area (Å²) in [6.45, 7) is 4.30. The SMILES string of the molecule is CCCc1ccc(C)cc1CCl. The van der Waals surface area contributed by atoms with Gasteiger partial charge in [-0.15, -0.1) is 11.6 Å². The minimum absolute atomic E-state index is 0.636. The van der Waals surface area contributed by atoms with Gasteiger partial charge in [-0.3, -0.25) is 0 Å². The first-order valence-corrected chi connectivity index (χ1v) is 4.95. The van der Waals surface area contributed by atoms with Gasteiger partial charge in [0.2, 0.25) is 0 Å². The van der Waals surface area contributed by atoms with Crippen LogP contribution in [0.3, 0.4) is 0 Å². The summed E-state index contributed by atoms with van der Waals surface area (Å²) < 4.78 is 0. The molecule has 1 aromatic rings. The number of aryl methyl sites for hydroxylation is 2. The van der Waals surface area contributed by atoms with Crippen molar-refractivity contribution >= 4 is 11.6 Å². The highest BCUT2D eigenvalue weighted by Gasteiger charge is 1.99. The molecule has 0 spiro atoms. The average Bonchev–Trinajstić information content (AvgIpc) is 2.08. The first-order valence-electron chi connectivity index (χ1n) is 4.42. The molecule has 0 nitrogen and oxygen atoms in total. The molecule has 12 heavy (non-hydrogen) atoms. The lowest BCUT2D eigenvalue weighted by molar-refractivity contribution is 0.909. The molecule has 1 aromatic carbocycles. The molecule has 0 aliphatic heterocycles. The van der Waals surface area contributed by atoms with Crippen LogP contribution in [0.5, 0.6) is 0 Å². The van der Waals surface area contributed by atoms with E-state index in [2.05, 4.69) is 32.0 Å². The van der Waals surface area contributed by atoms with E-state index < -0.39 is 0 Å². The molecule has 0 N–H and O–H groups in total. The van der Waals surface area contributed by atoms with E-state index in [9.17, 15) is 0 Å². The topological polar surface area (TPSA) is 0 Å². The van der Waals surface area contributed by atoms with Crippen LogP contribution in [0.15, 0.2) is 18.2 Å². The maximum atomic E-state index is 5.84. The van der Waals surface area contributed by atoms with Crippen LogP contribution in [-0.4, -0.2) is 0 Å². The van der Waals surface area contributed by atoms with E-state index in [1.807, 2.05) is 0 Å². The van der Waals surface area contributed by atoms with Gasteiger partial charge in [0.25, 0.3) is 0 Å². The van der Waals surface area contributed by atoms with E-state index in [1.165, 1.54) is 23.1 Å². The van der Waals surface area contributed by atoms with E-state index in [0.29, 0.717) is 5.88 Å². The van der Waals surface area contributed by atoms with Crippen molar-refractivity contribution in [3.8, 4) is 0 Å². The number of halogens is 1. The summed E-state index contributed by atoms with van der Waals surface area (Å²) in [5, 5.41) is 0. The van der Waals surface area contributed by atoms with Crippen LogP contribution in [0, 0.1) is 6.92 Å². The smallest absolute Gasteiger partial charge is 0.0476 e. The van der Waals surface area contributed by atoms with E-state index in [-0.39, 0.29) is 0 Å². The van der Waals surface area contributed by atoms with Gasteiger partial charge in [-0.25, -0.2) is 0 Å². The van der Waals surface area contributed by atoms with Crippen LogP contribution in [-0.2, 0) is 12.3 Å². The van der Waals surface area contributed by atoms with Crippen molar-refractivity contribution in [3.63, 3.8) is 0 Å². The minimum Gasteiger partial charge on any atom is -0.122 e. The van der Waals surface area contributed by atoms with E-state index in [4.69, 9.17) is 11.6 Å². The molecule has 0 unspecified atom stereocenters. The molecule has 0 fully saturated rings. The van der Waals surface area contributed by atoms with E-state index in [1.54, 1.807) is 0 Å². The maximum Gasteiger partial charge on any atom is 0.0476 e. The largest absolute Gasteiger partial charge is 0.122 e. The second-order valence-corrected chi connectivity index (χ2v) is 3.42. The number of benzene rings is 1. The second-order valence-electron chi connectivity index (χ2n) is 3.16. The Kier molecular flexibility index (Phi) is 3.61. The molecule has 0 aliphatic carbocycles. The summed E-state index contributed by atoms with van der Waals surface area (Å²) in [6, 6.07) is 6.52. The quantitative estimate of drug-likeness (QED) is 0.626. The first kappa shape index (κ1) is 9.60. The lowest BCUT2D eigenvalue weighted by Gasteiger charge is -2.06. The fourth-order valence-corrected chi connectivity index (χ4v) is 1.64. The van der Waals surface area contributed by atoms with Gasteiger partial charge in [-0.2, -0.15) is 0 Å². The Morgan fingerprint density at radius 1 is 1.25 bits per heavy atom. The Morgan fingerprint density at radius 3 is 2.58 bits per heavy atom. The van der Waals surface area contributed by atoms with Crippen molar-refractivity contribution in [1.82, 2.24) is 0 Å². The van der Waals surface area contributed by atoms with Gasteiger partial charge in [-0.1, -0.05) is 37.1 Å². The molecule has 0 aromatic heterocycles. The summed E-state index contributed by atoms with van der Waals surface area (Å²) >= 11 is 5.84. The molecule has 1 heteroatoms. The number of alkyl halides is 1. The molecule has 0 atom stereocenters. The Balaban J connectivity index is 2.94. The van der Waals surface area contributed by atoms with Crippen LogP contribution in [0.4, 0.5) is 0 Å². The van der Waals surface area contributed by atoms with Crippen molar-refractivity contribution in [1.29, 1.82) is 0 Å². The van der Waals surface area contributed by atoms with Gasteiger partial charge in [0.05, 0.1) is 0 Å². The highest BCUT2D eigenvalue weighted by Crippen LogP contribution is 2.15. The Bertz CT molecular complexity index is 253. The minimum atomic E-state index is 0.636. The van der Waals surface area contributed by atoms with Crippen LogP contribution < -0.4 is 0 Å². The summed E-state index contributed by atoms with van der Waals surface area (Å²) in [7, 11) is 0. The third-order valence-corrected chi connectivity index (χ3v) is 2.31. The third kappa shape index (κ3) is 2.25. The zero-order valence-corrected chi connectivity index (χ0v) is 8.49. The summed E-state index contributed by atoms with van der Waals surface area (Å²) in [6.07, 6.45) is 2.33. The van der Waals surface area contributed by atoms with Crippen molar-refractivity contribution in [2.24, 2.45) is 0 Å². The highest BCUT2D eigenvalue weighted by molar-refractivity contribution is 6.17. The van der Waals surface area contributed by atoms with Crippen LogP contribution in [0.25, 0.3) is 0 Å². The monoisotopic (exact) mass is 182 g/mol. The van der Waals surface area contributed by atoms with Gasteiger partial charge in [-0.05, 0) is 24.5 Å². The summed E-state index contributed by atoms with van der Waals surface area (Å²) in [5.74, 6) is 0.636. The fourth-order valence-electron chi connectivity index (χ4n) is 1.39. The van der Waals surface area contributed by atoms with Gasteiger partial charge < -0.3 is 0 Å². The van der Waals surface area contributed by atoms with Crippen molar-refractivity contribution in [2.75, 3.05) is 0 Å². The van der Waals surface area contributed by atoms with Gasteiger partial charge in [0.15, 0.2) is 0 Å². The zero-order chi connectivity index (χ0) is 8.97.